The van der Waals surface area contributed by atoms with Crippen LogP contribution in [0.5, 0.6) is 5.75 Å². The molecule has 0 bridgehead atoms. The summed E-state index contributed by atoms with van der Waals surface area (Å²) in [5.41, 5.74) is 2.57. The van der Waals surface area contributed by atoms with Gasteiger partial charge in [0.1, 0.15) is 11.5 Å². The van der Waals surface area contributed by atoms with Gasteiger partial charge in [0.15, 0.2) is 0 Å². The van der Waals surface area contributed by atoms with Crippen LogP contribution in [0.4, 0.5) is 0 Å². The second kappa shape index (κ2) is 7.68. The lowest BCUT2D eigenvalue weighted by Crippen LogP contribution is -2.09. The van der Waals surface area contributed by atoms with Crippen molar-refractivity contribution in [3.8, 4) is 11.8 Å². The maximum atomic E-state index is 11.5. The van der Waals surface area contributed by atoms with Crippen LogP contribution in [0.2, 0.25) is 0 Å². The number of ketones is 1. The minimum Gasteiger partial charge on any atom is -0.507 e. The Morgan fingerprint density at radius 2 is 1.89 bits per heavy atom. The maximum absolute atomic E-state index is 11.5. The van der Waals surface area contributed by atoms with Crippen LogP contribution in [0.1, 0.15) is 16.7 Å². The minimum atomic E-state index is -1.65. The van der Waals surface area contributed by atoms with E-state index < -0.39 is 17.5 Å². The van der Waals surface area contributed by atoms with E-state index in [1.807, 2.05) is 22.8 Å². The zero-order valence-corrected chi connectivity index (χ0v) is 14.9. The molecule has 28 heavy (non-hydrogen) atoms. The number of benzene rings is 2. The Morgan fingerprint density at radius 3 is 2.50 bits per heavy atom. The fourth-order valence-corrected chi connectivity index (χ4v) is 2.88. The molecule has 0 unspecified atom stereocenters. The lowest BCUT2D eigenvalue weighted by Gasteiger charge is -2.06. The molecular formula is C21H16N2O5. The second-order valence-corrected chi connectivity index (χ2v) is 6.06. The quantitative estimate of drug-likeness (QED) is 0.388. The second-order valence-electron chi connectivity index (χ2n) is 6.06. The molecule has 1 heterocycles. The van der Waals surface area contributed by atoms with Gasteiger partial charge >= 0.3 is 5.97 Å². The Balaban J connectivity index is 2.09. The number of rotatable bonds is 6. The van der Waals surface area contributed by atoms with E-state index in [2.05, 4.69) is 6.07 Å². The number of carboxylic acid groups (broad SMARTS) is 1. The summed E-state index contributed by atoms with van der Waals surface area (Å²) in [5, 5.41) is 28.6. The zero-order valence-electron chi connectivity index (χ0n) is 14.9. The van der Waals surface area contributed by atoms with Crippen molar-refractivity contribution in [1.82, 2.24) is 4.57 Å². The molecule has 0 saturated carbocycles. The normalized spacial score (nSPS) is 11.2. The monoisotopic (exact) mass is 376 g/mol. The van der Waals surface area contributed by atoms with E-state index in [4.69, 9.17) is 15.1 Å². The maximum Gasteiger partial charge on any atom is 0.376 e. The Hall–Kier alpha value is -4.05. The van der Waals surface area contributed by atoms with E-state index in [9.17, 15) is 14.7 Å². The first-order chi connectivity index (χ1) is 13.4. The molecule has 0 saturated heterocycles. The van der Waals surface area contributed by atoms with Crippen molar-refractivity contribution in [3.05, 3.63) is 71.4 Å². The number of hydrogen-bond acceptors (Lipinski definition) is 5. The number of ether oxygens (including phenoxy) is 1. The molecule has 0 atom stereocenters. The topological polar surface area (TPSA) is 113 Å². The molecule has 7 heteroatoms. The first kappa shape index (κ1) is 18.7. The number of carboxylic acids is 1. The number of aromatic nitrogens is 1. The third kappa shape index (κ3) is 3.71. The predicted octanol–water partition coefficient (Wildman–Crippen LogP) is 3.12. The number of methoxy groups -OCH3 is 1. The highest BCUT2D eigenvalue weighted by Gasteiger charge is 2.16. The molecule has 0 aliphatic carbocycles. The molecule has 7 nitrogen and oxygen atoms in total. The average molecular weight is 376 g/mol. The minimum absolute atomic E-state index is 0.317. The van der Waals surface area contributed by atoms with E-state index in [0.29, 0.717) is 34.9 Å². The summed E-state index contributed by atoms with van der Waals surface area (Å²) in [6, 6.07) is 14.4. The smallest absolute Gasteiger partial charge is 0.376 e. The van der Waals surface area contributed by atoms with Crippen LogP contribution in [0.25, 0.3) is 16.7 Å². The third-order valence-corrected chi connectivity index (χ3v) is 4.28. The molecule has 0 radical (unpaired) electrons. The van der Waals surface area contributed by atoms with Gasteiger partial charge in [-0.3, -0.25) is 4.79 Å². The Bertz CT molecular complexity index is 1130. The van der Waals surface area contributed by atoms with Crippen LogP contribution in [0.15, 0.2) is 54.7 Å². The van der Waals surface area contributed by atoms with Crippen molar-refractivity contribution in [3.63, 3.8) is 0 Å². The zero-order chi connectivity index (χ0) is 20.3. The molecule has 0 aliphatic heterocycles. The van der Waals surface area contributed by atoms with Crippen LogP contribution in [-0.2, 0) is 16.1 Å². The van der Waals surface area contributed by atoms with Crippen molar-refractivity contribution < 1.29 is 24.5 Å². The highest BCUT2D eigenvalue weighted by molar-refractivity contribution is 6.38. The van der Waals surface area contributed by atoms with Crippen LogP contribution in [0.3, 0.4) is 0 Å². The summed E-state index contributed by atoms with van der Waals surface area (Å²) >= 11 is 0. The van der Waals surface area contributed by atoms with Crippen molar-refractivity contribution >= 4 is 28.4 Å². The molecule has 1 aromatic heterocycles. The summed E-state index contributed by atoms with van der Waals surface area (Å²) in [4.78, 5) is 22.2. The van der Waals surface area contributed by atoms with Crippen molar-refractivity contribution in [2.45, 2.75) is 6.54 Å². The standard InChI is InChI=1S/C21H16N2O5/c1-28-15-6-7-18-16(8-15)17(19(24)9-20(25)21(26)27)12-23(18)11-14-4-2-13(10-22)3-5-14/h2-9,12,24H,11H2,1H3,(H,26,27)/b19-9-. The molecule has 2 aromatic carbocycles. The molecule has 3 rings (SSSR count). The van der Waals surface area contributed by atoms with Crippen LogP contribution >= 0.6 is 0 Å². The molecular weight excluding hydrogens is 360 g/mol. The van der Waals surface area contributed by atoms with E-state index in [1.165, 1.54) is 7.11 Å². The molecule has 2 N–H and O–H groups in total. The number of aliphatic carboxylic acids is 1. The molecule has 140 valence electrons. The van der Waals surface area contributed by atoms with Gasteiger partial charge in [-0.2, -0.15) is 5.26 Å². The third-order valence-electron chi connectivity index (χ3n) is 4.28. The van der Waals surface area contributed by atoms with E-state index in [-0.39, 0.29) is 0 Å². The lowest BCUT2D eigenvalue weighted by atomic mass is 10.1. The number of nitrogens with zero attached hydrogens (tertiary/aromatic N) is 2. The molecule has 0 fully saturated rings. The Morgan fingerprint density at radius 1 is 1.18 bits per heavy atom. The predicted molar refractivity (Wildman–Crippen MR) is 102 cm³/mol. The Kier molecular flexibility index (Phi) is 5.14. The van der Waals surface area contributed by atoms with Gasteiger partial charge in [0, 0.05) is 35.3 Å². The van der Waals surface area contributed by atoms with E-state index in [0.717, 1.165) is 11.1 Å². The Labute approximate surface area is 160 Å². The van der Waals surface area contributed by atoms with Gasteiger partial charge in [0.05, 0.1) is 18.7 Å². The van der Waals surface area contributed by atoms with Crippen molar-refractivity contribution in [2.75, 3.05) is 7.11 Å². The van der Waals surface area contributed by atoms with Crippen LogP contribution in [0, 0.1) is 11.3 Å². The highest BCUT2D eigenvalue weighted by atomic mass is 16.5. The SMILES string of the molecule is COc1ccc2c(c1)c(/C(O)=C/C(=O)C(=O)O)cn2Cc1ccc(C#N)cc1. The molecule has 0 spiro atoms. The van der Waals surface area contributed by atoms with E-state index in [1.54, 1.807) is 30.5 Å². The first-order valence-electron chi connectivity index (χ1n) is 8.27. The molecule has 0 amide bonds. The largest absolute Gasteiger partial charge is 0.507 e. The van der Waals surface area contributed by atoms with Crippen LogP contribution < -0.4 is 4.74 Å². The van der Waals surface area contributed by atoms with Gasteiger partial charge in [0.2, 0.25) is 0 Å². The fraction of sp³-hybridized carbons (Fsp3) is 0.0952. The van der Waals surface area contributed by atoms with Gasteiger partial charge in [0.25, 0.3) is 5.78 Å². The number of aliphatic hydroxyl groups excluding tert-OH is 1. The summed E-state index contributed by atoms with van der Waals surface area (Å²) < 4.78 is 7.09. The number of hydrogen-bond donors (Lipinski definition) is 2. The summed E-state index contributed by atoms with van der Waals surface area (Å²) in [7, 11) is 1.51. The van der Waals surface area contributed by atoms with E-state index >= 15 is 0 Å². The number of carbonyl (C=O) groups is 2. The highest BCUT2D eigenvalue weighted by Crippen LogP contribution is 2.30. The lowest BCUT2D eigenvalue weighted by molar-refractivity contribution is -0.146. The number of aliphatic hydroxyl groups is 1. The first-order valence-corrected chi connectivity index (χ1v) is 8.27. The van der Waals surface area contributed by atoms with Gasteiger partial charge < -0.3 is 19.5 Å². The van der Waals surface area contributed by atoms with Crippen LogP contribution in [-0.4, -0.2) is 33.6 Å². The molecule has 3 aromatic rings. The van der Waals surface area contributed by atoms with Gasteiger partial charge in [-0.1, -0.05) is 12.1 Å². The van der Waals surface area contributed by atoms with Gasteiger partial charge in [-0.25, -0.2) is 4.79 Å². The van der Waals surface area contributed by atoms with Crippen molar-refractivity contribution in [1.29, 1.82) is 5.26 Å². The fourth-order valence-electron chi connectivity index (χ4n) is 2.88. The number of carbonyl (C=O) groups excluding carboxylic acids is 1. The van der Waals surface area contributed by atoms with Gasteiger partial charge in [-0.05, 0) is 35.9 Å². The average Bonchev–Trinajstić information content (AvgIpc) is 3.06. The summed E-state index contributed by atoms with van der Waals surface area (Å²) in [6.07, 6.45) is 2.33. The summed E-state index contributed by atoms with van der Waals surface area (Å²) in [5.74, 6) is -2.75. The number of fused-ring (bicyclic) bond motifs is 1. The summed E-state index contributed by atoms with van der Waals surface area (Å²) in [6.45, 7) is 0.453. The molecule has 0 aliphatic rings. The number of nitriles is 1. The van der Waals surface area contributed by atoms with Crippen molar-refractivity contribution in [2.24, 2.45) is 0 Å². The van der Waals surface area contributed by atoms with Gasteiger partial charge in [-0.15, -0.1) is 0 Å².